The summed E-state index contributed by atoms with van der Waals surface area (Å²) in [6, 6.07) is 0. The van der Waals surface area contributed by atoms with Crippen molar-refractivity contribution in [2.45, 2.75) is 25.7 Å². The lowest BCUT2D eigenvalue weighted by Gasteiger charge is -2.34. The summed E-state index contributed by atoms with van der Waals surface area (Å²) < 4.78 is 0. The van der Waals surface area contributed by atoms with Crippen LogP contribution in [-0.2, 0) is 4.79 Å². The van der Waals surface area contributed by atoms with Crippen LogP contribution in [0.5, 0.6) is 0 Å². The molecule has 3 aliphatic heterocycles. The first-order valence-electron chi connectivity index (χ1n) is 6.54. The summed E-state index contributed by atoms with van der Waals surface area (Å²) in [7, 11) is 0. The fourth-order valence-electron chi connectivity index (χ4n) is 3.13. The molecule has 0 aromatic heterocycles. The fourth-order valence-corrected chi connectivity index (χ4v) is 3.13. The Kier molecular flexibility index (Phi) is 1.98. The molecule has 18 heavy (non-hydrogen) atoms. The van der Waals surface area contributed by atoms with Gasteiger partial charge in [-0.05, 0) is 30.9 Å². The molecule has 1 aliphatic carbocycles. The van der Waals surface area contributed by atoms with Gasteiger partial charge < -0.3 is 4.90 Å². The van der Waals surface area contributed by atoms with Gasteiger partial charge in [-0.15, -0.1) is 0 Å². The Labute approximate surface area is 106 Å². The van der Waals surface area contributed by atoms with E-state index < -0.39 is 0 Å². The van der Waals surface area contributed by atoms with Crippen molar-refractivity contribution in [1.29, 1.82) is 0 Å². The zero-order valence-corrected chi connectivity index (χ0v) is 10.1. The largest absolute Gasteiger partial charge is 0.323 e. The molecule has 0 aromatic carbocycles. The third kappa shape index (κ3) is 1.24. The topological polar surface area (TPSA) is 32.7 Å². The molecule has 0 aromatic rings. The van der Waals surface area contributed by atoms with Gasteiger partial charge in [0.05, 0.1) is 11.4 Å². The summed E-state index contributed by atoms with van der Waals surface area (Å²) in [6.45, 7) is 0.924. The number of carbonyl (C=O) groups excluding carboxylic acids is 1. The number of rotatable bonds is 0. The molecule has 0 bridgehead atoms. The van der Waals surface area contributed by atoms with Crippen LogP contribution >= 0.6 is 0 Å². The number of nitrogens with zero attached hydrogens (tertiary/aromatic N) is 2. The maximum atomic E-state index is 11.9. The Hall–Kier alpha value is -1.90. The van der Waals surface area contributed by atoms with Gasteiger partial charge in [0.15, 0.2) is 5.78 Å². The van der Waals surface area contributed by atoms with Gasteiger partial charge in [-0.1, -0.05) is 18.2 Å². The summed E-state index contributed by atoms with van der Waals surface area (Å²) >= 11 is 0. The molecule has 90 valence electrons. The number of amidine groups is 1. The molecule has 3 nitrogen and oxygen atoms in total. The number of Topliss-reactive ketones (excluding diaryl/α,β-unsaturated/α-hetero) is 1. The van der Waals surface area contributed by atoms with Crippen LogP contribution in [0.1, 0.15) is 25.7 Å². The van der Waals surface area contributed by atoms with Gasteiger partial charge in [0, 0.05) is 18.5 Å². The highest BCUT2D eigenvalue weighted by Gasteiger charge is 2.35. The number of carbonyl (C=O) groups is 1. The first-order chi connectivity index (χ1) is 8.84. The molecule has 1 fully saturated rings. The van der Waals surface area contributed by atoms with Gasteiger partial charge in [0.2, 0.25) is 0 Å². The number of allylic oxidation sites excluding steroid dienone is 6. The molecule has 4 aliphatic rings. The van der Waals surface area contributed by atoms with Gasteiger partial charge >= 0.3 is 0 Å². The van der Waals surface area contributed by atoms with E-state index in [0.717, 1.165) is 43.0 Å². The number of ketones is 1. The second kappa shape index (κ2) is 3.55. The van der Waals surface area contributed by atoms with Crippen LogP contribution in [0.4, 0.5) is 0 Å². The molecule has 3 heteroatoms. The lowest BCUT2D eigenvalue weighted by atomic mass is 9.92. The molecule has 0 spiro atoms. The summed E-state index contributed by atoms with van der Waals surface area (Å²) in [4.78, 5) is 18.8. The maximum Gasteiger partial charge on any atom is 0.179 e. The predicted octanol–water partition coefficient (Wildman–Crippen LogP) is 2.49. The lowest BCUT2D eigenvalue weighted by Crippen LogP contribution is -2.40. The van der Waals surface area contributed by atoms with E-state index in [1.54, 1.807) is 0 Å². The molecule has 0 radical (unpaired) electrons. The molecular weight excluding hydrogens is 224 g/mol. The van der Waals surface area contributed by atoms with Gasteiger partial charge in [-0.25, -0.2) is 4.99 Å². The number of hydrogen-bond donors (Lipinski definition) is 0. The highest BCUT2D eigenvalue weighted by Crippen LogP contribution is 2.38. The zero-order valence-electron chi connectivity index (χ0n) is 10.1. The standard InChI is InChI=1S/C15H14N2O/c18-14-6-3-9-17-13(14)8-7-11-10-4-1-2-5-12(10)16-15(11)17/h1-2,5,8H,3-4,6-7,9H2. The molecule has 0 atom stereocenters. The normalized spacial score (nSPS) is 25.2. The van der Waals surface area contributed by atoms with Gasteiger partial charge in [0.1, 0.15) is 5.84 Å². The van der Waals surface area contributed by atoms with Crippen molar-refractivity contribution in [3.63, 3.8) is 0 Å². The van der Waals surface area contributed by atoms with Crippen molar-refractivity contribution in [2.24, 2.45) is 4.99 Å². The van der Waals surface area contributed by atoms with Gasteiger partial charge in [-0.3, -0.25) is 4.79 Å². The minimum absolute atomic E-state index is 0.273. The smallest absolute Gasteiger partial charge is 0.179 e. The monoisotopic (exact) mass is 238 g/mol. The van der Waals surface area contributed by atoms with E-state index in [9.17, 15) is 4.79 Å². The number of hydrogen-bond acceptors (Lipinski definition) is 3. The van der Waals surface area contributed by atoms with Crippen LogP contribution in [0, 0.1) is 0 Å². The number of fused-ring (bicyclic) bond motifs is 4. The highest BCUT2D eigenvalue weighted by molar-refractivity contribution is 6.11. The van der Waals surface area contributed by atoms with Crippen molar-refractivity contribution in [3.05, 3.63) is 46.8 Å². The van der Waals surface area contributed by atoms with Crippen LogP contribution < -0.4 is 0 Å². The van der Waals surface area contributed by atoms with Crippen molar-refractivity contribution >= 4 is 11.6 Å². The van der Waals surface area contributed by atoms with Crippen molar-refractivity contribution in [2.75, 3.05) is 6.54 Å². The molecule has 4 rings (SSSR count). The summed E-state index contributed by atoms with van der Waals surface area (Å²) in [6.07, 6.45) is 11.9. The Balaban J connectivity index is 1.84. The summed E-state index contributed by atoms with van der Waals surface area (Å²) in [5.41, 5.74) is 4.64. The molecule has 0 amide bonds. The van der Waals surface area contributed by atoms with Gasteiger partial charge in [0.25, 0.3) is 0 Å². The van der Waals surface area contributed by atoms with E-state index in [1.165, 1.54) is 11.1 Å². The number of aliphatic imine (C=N–C) groups is 1. The van der Waals surface area contributed by atoms with E-state index in [0.29, 0.717) is 6.42 Å². The second-order valence-corrected chi connectivity index (χ2v) is 5.05. The van der Waals surface area contributed by atoms with Crippen LogP contribution in [0.2, 0.25) is 0 Å². The Morgan fingerprint density at radius 2 is 2.17 bits per heavy atom. The maximum absolute atomic E-state index is 11.9. The van der Waals surface area contributed by atoms with E-state index in [-0.39, 0.29) is 5.78 Å². The Morgan fingerprint density at radius 3 is 3.11 bits per heavy atom. The SMILES string of the molecule is O=C1CCCN2C1=CCC1=C3CC=CC=C3N=C12. The number of piperidine rings is 1. The molecule has 0 unspecified atom stereocenters. The van der Waals surface area contributed by atoms with Crippen LogP contribution in [0.3, 0.4) is 0 Å². The average Bonchev–Trinajstić information content (AvgIpc) is 2.78. The van der Waals surface area contributed by atoms with E-state index in [1.807, 2.05) is 0 Å². The lowest BCUT2D eigenvalue weighted by molar-refractivity contribution is -0.117. The molecule has 3 heterocycles. The minimum atomic E-state index is 0.273. The van der Waals surface area contributed by atoms with E-state index in [4.69, 9.17) is 4.99 Å². The summed E-state index contributed by atoms with van der Waals surface area (Å²) in [5.74, 6) is 1.31. The van der Waals surface area contributed by atoms with Crippen molar-refractivity contribution in [1.82, 2.24) is 4.90 Å². The van der Waals surface area contributed by atoms with Gasteiger partial charge in [-0.2, -0.15) is 0 Å². The first-order valence-corrected chi connectivity index (χ1v) is 6.54. The molecule has 0 saturated carbocycles. The third-order valence-corrected chi connectivity index (χ3v) is 4.00. The van der Waals surface area contributed by atoms with Crippen molar-refractivity contribution < 1.29 is 4.79 Å². The third-order valence-electron chi connectivity index (χ3n) is 4.00. The Bertz CT molecular complexity index is 602. The first kappa shape index (κ1) is 10.1. The zero-order chi connectivity index (χ0) is 12.1. The molecule has 1 saturated heterocycles. The Morgan fingerprint density at radius 1 is 1.22 bits per heavy atom. The molecule has 0 N–H and O–H groups in total. The van der Waals surface area contributed by atoms with Crippen molar-refractivity contribution in [3.8, 4) is 0 Å². The van der Waals surface area contributed by atoms with Crippen LogP contribution in [0.15, 0.2) is 51.8 Å². The quantitative estimate of drug-likeness (QED) is 0.649. The fraction of sp³-hybridized carbons (Fsp3) is 0.333. The van der Waals surface area contributed by atoms with E-state index >= 15 is 0 Å². The van der Waals surface area contributed by atoms with Crippen LogP contribution in [0.25, 0.3) is 0 Å². The minimum Gasteiger partial charge on any atom is -0.323 e. The predicted molar refractivity (Wildman–Crippen MR) is 69.9 cm³/mol. The van der Waals surface area contributed by atoms with E-state index in [2.05, 4.69) is 29.2 Å². The van der Waals surface area contributed by atoms with Crippen LogP contribution in [-0.4, -0.2) is 23.1 Å². The summed E-state index contributed by atoms with van der Waals surface area (Å²) in [5, 5.41) is 0. The average molecular weight is 238 g/mol. The molecular formula is C15H14N2O. The second-order valence-electron chi connectivity index (χ2n) is 5.05. The highest BCUT2D eigenvalue weighted by atomic mass is 16.1.